The zero-order chi connectivity index (χ0) is 21.0. The fraction of sp³-hybridized carbons (Fsp3) is 0.364. The van der Waals surface area contributed by atoms with Gasteiger partial charge < -0.3 is 14.3 Å². The van der Waals surface area contributed by atoms with E-state index in [-0.39, 0.29) is 39.0 Å². The average Bonchev–Trinajstić information content (AvgIpc) is 2.59. The van der Waals surface area contributed by atoms with Gasteiger partial charge in [-0.3, -0.25) is 9.59 Å². The number of carbonyl (C=O) groups is 2. The van der Waals surface area contributed by atoms with Crippen LogP contribution in [0.5, 0.6) is 17.2 Å². The fourth-order valence-electron chi connectivity index (χ4n) is 3.16. The molecular weight excluding hydrogens is 372 g/mol. The Bertz CT molecular complexity index is 999. The third-order valence-corrected chi connectivity index (χ3v) is 10.2. The van der Waals surface area contributed by atoms with E-state index >= 15 is 0 Å². The van der Waals surface area contributed by atoms with Crippen molar-refractivity contribution >= 4 is 19.9 Å². The molecule has 0 saturated carbocycles. The Kier molecular flexibility index (Phi) is 4.66. The van der Waals surface area contributed by atoms with Gasteiger partial charge in [-0.05, 0) is 37.2 Å². The highest BCUT2D eigenvalue weighted by Crippen LogP contribution is 2.45. The number of ether oxygens (including phenoxy) is 1. The first kappa shape index (κ1) is 20.1. The Balaban J connectivity index is 2.25. The van der Waals surface area contributed by atoms with Gasteiger partial charge in [-0.15, -0.1) is 0 Å². The lowest BCUT2D eigenvalue weighted by Crippen LogP contribution is -2.44. The van der Waals surface area contributed by atoms with Gasteiger partial charge in [0.15, 0.2) is 17.3 Å². The highest BCUT2D eigenvalue weighted by atomic mass is 28.4. The van der Waals surface area contributed by atoms with Crippen LogP contribution in [0.25, 0.3) is 0 Å². The van der Waals surface area contributed by atoms with Crippen LogP contribution in [0.15, 0.2) is 24.3 Å². The molecule has 0 aliphatic heterocycles. The van der Waals surface area contributed by atoms with Gasteiger partial charge in [0.25, 0.3) is 8.32 Å². The van der Waals surface area contributed by atoms with E-state index in [2.05, 4.69) is 33.9 Å². The number of rotatable bonds is 3. The maximum absolute atomic E-state index is 13.2. The molecule has 148 valence electrons. The maximum Gasteiger partial charge on any atom is 0.250 e. The van der Waals surface area contributed by atoms with E-state index in [9.17, 15) is 14.7 Å². The number of benzene rings is 2. The number of ketones is 2. The summed E-state index contributed by atoms with van der Waals surface area (Å²) in [6.45, 7) is 12.4. The first-order chi connectivity index (χ1) is 12.9. The van der Waals surface area contributed by atoms with Crippen molar-refractivity contribution in [1.82, 2.24) is 0 Å². The molecule has 3 rings (SSSR count). The molecular formula is C22H26O5Si. The lowest BCUT2D eigenvalue weighted by molar-refractivity contribution is 0.0975. The topological polar surface area (TPSA) is 72.8 Å². The van der Waals surface area contributed by atoms with E-state index in [1.54, 1.807) is 25.1 Å². The van der Waals surface area contributed by atoms with E-state index in [0.717, 1.165) is 0 Å². The van der Waals surface area contributed by atoms with Crippen LogP contribution < -0.4 is 9.16 Å². The van der Waals surface area contributed by atoms with Crippen molar-refractivity contribution in [2.24, 2.45) is 0 Å². The average molecular weight is 399 g/mol. The monoisotopic (exact) mass is 398 g/mol. The Morgan fingerprint density at radius 2 is 1.61 bits per heavy atom. The minimum Gasteiger partial charge on any atom is -0.541 e. The number of aromatic hydroxyl groups is 1. The van der Waals surface area contributed by atoms with Crippen molar-refractivity contribution in [3.63, 3.8) is 0 Å². The van der Waals surface area contributed by atoms with Crippen LogP contribution in [0.2, 0.25) is 18.1 Å². The highest BCUT2D eigenvalue weighted by molar-refractivity contribution is 6.74. The Morgan fingerprint density at radius 3 is 2.18 bits per heavy atom. The second-order valence-electron chi connectivity index (χ2n) is 8.68. The predicted octanol–water partition coefficient (Wildman–Crippen LogP) is 4.87. The molecule has 0 amide bonds. The van der Waals surface area contributed by atoms with Crippen molar-refractivity contribution in [1.29, 1.82) is 0 Å². The molecule has 0 fully saturated rings. The van der Waals surface area contributed by atoms with E-state index < -0.39 is 8.32 Å². The van der Waals surface area contributed by atoms with Crippen molar-refractivity contribution in [2.45, 2.75) is 45.8 Å². The summed E-state index contributed by atoms with van der Waals surface area (Å²) in [6.07, 6.45) is 0. The smallest absolute Gasteiger partial charge is 0.250 e. The van der Waals surface area contributed by atoms with Crippen LogP contribution in [0, 0.1) is 6.92 Å². The van der Waals surface area contributed by atoms with Gasteiger partial charge in [0.1, 0.15) is 11.5 Å². The summed E-state index contributed by atoms with van der Waals surface area (Å²) in [5, 5.41) is 10.1. The first-order valence-electron chi connectivity index (χ1n) is 9.22. The third kappa shape index (κ3) is 2.92. The molecule has 1 aliphatic carbocycles. The van der Waals surface area contributed by atoms with Crippen molar-refractivity contribution in [3.05, 3.63) is 52.1 Å². The summed E-state index contributed by atoms with van der Waals surface area (Å²) in [5.41, 5.74) is 1.39. The molecule has 0 unspecified atom stereocenters. The number of hydrogen-bond donors (Lipinski definition) is 1. The molecule has 5 nitrogen and oxygen atoms in total. The van der Waals surface area contributed by atoms with Crippen LogP contribution in [-0.4, -0.2) is 32.1 Å². The van der Waals surface area contributed by atoms with Gasteiger partial charge in [0.2, 0.25) is 0 Å². The minimum atomic E-state index is -2.21. The van der Waals surface area contributed by atoms with E-state index in [1.807, 2.05) is 0 Å². The normalized spacial score (nSPS) is 13.8. The quantitative estimate of drug-likeness (QED) is 0.637. The SMILES string of the molecule is COc1cc2c(c(C)c1O[Si](C)(C)C(C)(C)C)C(=O)c1cccc(O)c1C2=O. The summed E-state index contributed by atoms with van der Waals surface area (Å²) in [7, 11) is -0.692. The number of hydrogen-bond acceptors (Lipinski definition) is 5. The van der Waals surface area contributed by atoms with Crippen LogP contribution in [0.3, 0.4) is 0 Å². The summed E-state index contributed by atoms with van der Waals surface area (Å²) in [5.74, 6) is 0.0575. The number of fused-ring (bicyclic) bond motifs is 2. The van der Waals surface area contributed by atoms with Gasteiger partial charge in [-0.1, -0.05) is 32.9 Å². The van der Waals surface area contributed by atoms with E-state index in [0.29, 0.717) is 22.6 Å². The summed E-state index contributed by atoms with van der Waals surface area (Å²) in [6, 6.07) is 6.10. The molecule has 0 saturated heterocycles. The molecule has 0 radical (unpaired) electrons. The molecule has 2 aromatic rings. The maximum atomic E-state index is 13.2. The number of carbonyl (C=O) groups excluding carboxylic acids is 2. The van der Waals surface area contributed by atoms with E-state index in [4.69, 9.17) is 9.16 Å². The largest absolute Gasteiger partial charge is 0.541 e. The molecule has 0 spiro atoms. The molecule has 28 heavy (non-hydrogen) atoms. The Labute approximate surface area is 166 Å². The van der Waals surface area contributed by atoms with Gasteiger partial charge >= 0.3 is 0 Å². The van der Waals surface area contributed by atoms with Gasteiger partial charge in [-0.2, -0.15) is 0 Å². The highest BCUT2D eigenvalue weighted by Gasteiger charge is 2.41. The molecule has 0 bridgehead atoms. The summed E-state index contributed by atoms with van der Waals surface area (Å²) >= 11 is 0. The molecule has 1 aliphatic rings. The van der Waals surface area contributed by atoms with Crippen LogP contribution >= 0.6 is 0 Å². The zero-order valence-electron chi connectivity index (χ0n) is 17.4. The van der Waals surface area contributed by atoms with Crippen LogP contribution in [-0.2, 0) is 0 Å². The number of methoxy groups -OCH3 is 1. The predicted molar refractivity (Wildman–Crippen MR) is 111 cm³/mol. The second kappa shape index (κ2) is 6.48. The van der Waals surface area contributed by atoms with Crippen LogP contribution in [0.4, 0.5) is 0 Å². The fourth-order valence-corrected chi connectivity index (χ4v) is 4.24. The van der Waals surface area contributed by atoms with Crippen molar-refractivity contribution < 1.29 is 23.9 Å². The van der Waals surface area contributed by atoms with Gasteiger partial charge in [0.05, 0.1) is 12.7 Å². The van der Waals surface area contributed by atoms with Gasteiger partial charge in [-0.25, -0.2) is 0 Å². The first-order valence-corrected chi connectivity index (χ1v) is 12.1. The number of phenolic OH excluding ortho intramolecular Hbond substituents is 1. The molecule has 0 heterocycles. The second-order valence-corrected chi connectivity index (χ2v) is 13.4. The summed E-state index contributed by atoms with van der Waals surface area (Å²) in [4.78, 5) is 26.2. The summed E-state index contributed by atoms with van der Waals surface area (Å²) < 4.78 is 12.0. The van der Waals surface area contributed by atoms with Crippen LogP contribution in [0.1, 0.15) is 58.2 Å². The standard InChI is InChI=1S/C22H26O5Si/c1-12-17-14(20(25)18-13(19(17)24)9-8-10-15(18)23)11-16(26-5)21(12)27-28(6,7)22(2,3)4/h8-11,23H,1-7H3. The molecule has 6 heteroatoms. The lowest BCUT2D eigenvalue weighted by atomic mass is 9.81. The van der Waals surface area contributed by atoms with Gasteiger partial charge in [0, 0.05) is 22.3 Å². The van der Waals surface area contributed by atoms with Crippen molar-refractivity contribution in [2.75, 3.05) is 7.11 Å². The Morgan fingerprint density at radius 1 is 1.00 bits per heavy atom. The lowest BCUT2D eigenvalue weighted by Gasteiger charge is -2.37. The molecule has 0 atom stereocenters. The molecule has 2 aromatic carbocycles. The third-order valence-electron chi connectivity index (χ3n) is 5.85. The minimum absolute atomic E-state index is 0.0412. The van der Waals surface area contributed by atoms with Crippen molar-refractivity contribution in [3.8, 4) is 17.2 Å². The zero-order valence-corrected chi connectivity index (χ0v) is 18.4. The number of phenols is 1. The Hall–Kier alpha value is -2.60. The van der Waals surface area contributed by atoms with E-state index in [1.165, 1.54) is 13.2 Å². The molecule has 1 N–H and O–H groups in total. The molecule has 0 aromatic heterocycles.